The van der Waals surface area contributed by atoms with Crippen LogP contribution in [0.4, 0.5) is 5.95 Å². The molecule has 20 heavy (non-hydrogen) atoms. The highest BCUT2D eigenvalue weighted by Gasteiger charge is 2.22. The Morgan fingerprint density at radius 3 is 3.10 bits per heavy atom. The van der Waals surface area contributed by atoms with E-state index in [1.54, 1.807) is 7.11 Å². The minimum Gasteiger partial charge on any atom is -0.496 e. The van der Waals surface area contributed by atoms with Gasteiger partial charge in [-0.3, -0.25) is 4.79 Å². The van der Waals surface area contributed by atoms with Crippen LogP contribution in [-0.4, -0.2) is 29.5 Å². The van der Waals surface area contributed by atoms with E-state index in [9.17, 15) is 4.79 Å². The topological polar surface area (TPSA) is 56.2 Å². The lowest BCUT2D eigenvalue weighted by Gasteiger charge is -2.15. The van der Waals surface area contributed by atoms with Gasteiger partial charge in [-0.25, -0.2) is 4.98 Å². The van der Waals surface area contributed by atoms with Crippen molar-refractivity contribution < 1.29 is 9.53 Å². The van der Waals surface area contributed by atoms with Gasteiger partial charge >= 0.3 is 0 Å². The van der Waals surface area contributed by atoms with Crippen LogP contribution in [0.2, 0.25) is 0 Å². The van der Waals surface area contributed by atoms with Crippen molar-refractivity contribution in [3.63, 3.8) is 0 Å². The summed E-state index contributed by atoms with van der Waals surface area (Å²) in [6.45, 7) is 1.68. The number of rotatable bonds is 3. The maximum absolute atomic E-state index is 11.5. The summed E-state index contributed by atoms with van der Waals surface area (Å²) >= 11 is 3.45. The highest BCUT2D eigenvalue weighted by Crippen LogP contribution is 2.35. The predicted octanol–water partition coefficient (Wildman–Crippen LogP) is 2.95. The second kappa shape index (κ2) is 5.28. The molecule has 3 rings (SSSR count). The van der Waals surface area contributed by atoms with E-state index in [4.69, 9.17) is 4.74 Å². The fourth-order valence-corrected chi connectivity index (χ4v) is 2.81. The molecule has 1 aliphatic heterocycles. The van der Waals surface area contributed by atoms with Crippen LogP contribution < -0.4 is 10.1 Å². The first-order valence-corrected chi connectivity index (χ1v) is 7.17. The van der Waals surface area contributed by atoms with E-state index in [1.165, 1.54) is 0 Å². The lowest BCUT2D eigenvalue weighted by atomic mass is 10.1. The zero-order valence-electron chi connectivity index (χ0n) is 11.0. The van der Waals surface area contributed by atoms with Crippen molar-refractivity contribution in [1.29, 1.82) is 0 Å². The fourth-order valence-electron chi connectivity index (χ4n) is 2.45. The van der Waals surface area contributed by atoms with E-state index in [0.717, 1.165) is 41.8 Å². The fraction of sp³-hybridized carbons (Fsp3) is 0.286. The summed E-state index contributed by atoms with van der Waals surface area (Å²) in [5, 5.41) is 3.22. The summed E-state index contributed by atoms with van der Waals surface area (Å²) in [5.41, 5.74) is 2.05. The Balaban J connectivity index is 2.22. The first-order chi connectivity index (χ1) is 9.74. The van der Waals surface area contributed by atoms with Gasteiger partial charge in [0.2, 0.25) is 5.95 Å². The standard InChI is InChI=1S/C14H14BrN3O2/c1-20-12-4-3-9(15)7-10(12)13-11(8-19)18-6-2-5-16-14(18)17-13/h3-4,7-8H,2,5-6H2,1H3,(H,16,17). The third-order valence-corrected chi connectivity index (χ3v) is 3.87. The number of halogens is 1. The van der Waals surface area contributed by atoms with Crippen LogP contribution in [-0.2, 0) is 6.54 Å². The molecule has 0 aliphatic carbocycles. The zero-order chi connectivity index (χ0) is 14.1. The summed E-state index contributed by atoms with van der Waals surface area (Å²) in [4.78, 5) is 16.0. The Labute approximate surface area is 125 Å². The molecule has 0 atom stereocenters. The molecule has 0 saturated heterocycles. The lowest BCUT2D eigenvalue weighted by molar-refractivity contribution is 0.111. The molecule has 1 aromatic heterocycles. The lowest BCUT2D eigenvalue weighted by Crippen LogP contribution is -2.18. The third-order valence-electron chi connectivity index (χ3n) is 3.38. The molecule has 0 amide bonds. The molecule has 1 aromatic carbocycles. The summed E-state index contributed by atoms with van der Waals surface area (Å²) in [6.07, 6.45) is 1.85. The third kappa shape index (κ3) is 2.10. The molecule has 1 N–H and O–H groups in total. The summed E-state index contributed by atoms with van der Waals surface area (Å²) < 4.78 is 8.22. The Bertz CT molecular complexity index is 667. The highest BCUT2D eigenvalue weighted by molar-refractivity contribution is 9.10. The molecule has 6 heteroatoms. The Hall–Kier alpha value is -1.82. The van der Waals surface area contributed by atoms with E-state index in [2.05, 4.69) is 26.2 Å². The smallest absolute Gasteiger partial charge is 0.203 e. The predicted molar refractivity (Wildman–Crippen MR) is 80.4 cm³/mol. The largest absolute Gasteiger partial charge is 0.496 e. The number of carbonyl (C=O) groups excluding carboxylic acids is 1. The highest BCUT2D eigenvalue weighted by atomic mass is 79.9. The van der Waals surface area contributed by atoms with Crippen molar-refractivity contribution in [2.45, 2.75) is 13.0 Å². The van der Waals surface area contributed by atoms with Crippen molar-refractivity contribution in [3.8, 4) is 17.0 Å². The molecule has 5 nitrogen and oxygen atoms in total. The number of aldehydes is 1. The van der Waals surface area contributed by atoms with Gasteiger partial charge in [-0.2, -0.15) is 0 Å². The first kappa shape index (κ1) is 13.2. The number of nitrogens with zero attached hydrogens (tertiary/aromatic N) is 2. The van der Waals surface area contributed by atoms with E-state index >= 15 is 0 Å². The van der Waals surface area contributed by atoms with E-state index < -0.39 is 0 Å². The first-order valence-electron chi connectivity index (χ1n) is 6.38. The van der Waals surface area contributed by atoms with Crippen LogP contribution >= 0.6 is 15.9 Å². The SMILES string of the molecule is COc1ccc(Br)cc1-c1nc2n(c1C=O)CCCN2. The normalized spacial score (nSPS) is 13.5. The molecule has 2 heterocycles. The number of hydrogen-bond acceptors (Lipinski definition) is 4. The Morgan fingerprint density at radius 1 is 1.50 bits per heavy atom. The van der Waals surface area contributed by atoms with Gasteiger partial charge in [-0.15, -0.1) is 0 Å². The molecule has 0 bridgehead atoms. The van der Waals surface area contributed by atoms with Crippen LogP contribution in [0.15, 0.2) is 22.7 Å². The van der Waals surface area contributed by atoms with Gasteiger partial charge < -0.3 is 14.6 Å². The van der Waals surface area contributed by atoms with Crippen LogP contribution in [0.1, 0.15) is 16.9 Å². The number of imidazole rings is 1. The van der Waals surface area contributed by atoms with E-state index in [1.807, 2.05) is 22.8 Å². The van der Waals surface area contributed by atoms with Crippen LogP contribution in [0.5, 0.6) is 5.75 Å². The molecule has 0 saturated carbocycles. The van der Waals surface area contributed by atoms with Crippen molar-refractivity contribution in [2.24, 2.45) is 0 Å². The number of benzene rings is 1. The number of methoxy groups -OCH3 is 1. The molecule has 1 aliphatic rings. The number of carbonyl (C=O) groups is 1. The quantitative estimate of drug-likeness (QED) is 0.876. The summed E-state index contributed by atoms with van der Waals surface area (Å²) in [6, 6.07) is 5.68. The maximum Gasteiger partial charge on any atom is 0.203 e. The zero-order valence-corrected chi connectivity index (χ0v) is 12.6. The van der Waals surface area contributed by atoms with Gasteiger partial charge in [0.1, 0.15) is 17.1 Å². The van der Waals surface area contributed by atoms with Crippen LogP contribution in [0.3, 0.4) is 0 Å². The van der Waals surface area contributed by atoms with Gasteiger partial charge in [0.15, 0.2) is 6.29 Å². The number of ether oxygens (including phenoxy) is 1. The van der Waals surface area contributed by atoms with Crippen LogP contribution in [0, 0.1) is 0 Å². The second-order valence-corrected chi connectivity index (χ2v) is 5.48. The summed E-state index contributed by atoms with van der Waals surface area (Å²) in [7, 11) is 1.61. The molecule has 0 fully saturated rings. The molecular formula is C14H14BrN3O2. The van der Waals surface area contributed by atoms with Crippen molar-refractivity contribution >= 4 is 28.2 Å². The Morgan fingerprint density at radius 2 is 2.35 bits per heavy atom. The number of hydrogen-bond donors (Lipinski definition) is 1. The molecule has 104 valence electrons. The van der Waals surface area contributed by atoms with Gasteiger partial charge in [0, 0.05) is 23.1 Å². The average molecular weight is 336 g/mol. The molecule has 0 radical (unpaired) electrons. The molecular weight excluding hydrogens is 322 g/mol. The second-order valence-electron chi connectivity index (χ2n) is 4.56. The Kier molecular flexibility index (Phi) is 3.48. The van der Waals surface area contributed by atoms with Crippen molar-refractivity contribution in [1.82, 2.24) is 9.55 Å². The van der Waals surface area contributed by atoms with Gasteiger partial charge in [0.05, 0.1) is 7.11 Å². The molecule has 0 spiro atoms. The molecule has 2 aromatic rings. The van der Waals surface area contributed by atoms with Crippen molar-refractivity contribution in [3.05, 3.63) is 28.4 Å². The molecule has 0 unspecified atom stereocenters. The number of anilines is 1. The minimum atomic E-state index is 0.587. The number of fused-ring (bicyclic) bond motifs is 1. The number of nitrogens with one attached hydrogen (secondary N) is 1. The van der Waals surface area contributed by atoms with Gasteiger partial charge in [0.25, 0.3) is 0 Å². The van der Waals surface area contributed by atoms with Crippen LogP contribution in [0.25, 0.3) is 11.3 Å². The average Bonchev–Trinajstić information content (AvgIpc) is 2.85. The van der Waals surface area contributed by atoms with E-state index in [-0.39, 0.29) is 0 Å². The number of aromatic nitrogens is 2. The summed E-state index contributed by atoms with van der Waals surface area (Å²) in [5.74, 6) is 1.45. The van der Waals surface area contributed by atoms with E-state index in [0.29, 0.717) is 17.1 Å². The van der Waals surface area contributed by atoms with Gasteiger partial charge in [-0.05, 0) is 24.6 Å². The monoisotopic (exact) mass is 335 g/mol. The van der Waals surface area contributed by atoms with Crippen molar-refractivity contribution in [2.75, 3.05) is 19.0 Å². The maximum atomic E-state index is 11.5. The van der Waals surface area contributed by atoms with Gasteiger partial charge in [-0.1, -0.05) is 15.9 Å². The minimum absolute atomic E-state index is 0.587.